The van der Waals surface area contributed by atoms with Crippen molar-refractivity contribution in [2.45, 2.75) is 42.9 Å². The zero-order chi connectivity index (χ0) is 42.4. The van der Waals surface area contributed by atoms with Gasteiger partial charge in [-0.3, -0.25) is 0 Å². The predicted octanol–water partition coefficient (Wildman–Crippen LogP) is 15.8. The van der Waals surface area contributed by atoms with Gasteiger partial charge in [0.2, 0.25) is 0 Å². The maximum atomic E-state index is 2.66. The summed E-state index contributed by atoms with van der Waals surface area (Å²) in [5.74, 6) is 3.05. The van der Waals surface area contributed by atoms with Crippen LogP contribution < -0.4 is 4.90 Å². The van der Waals surface area contributed by atoms with E-state index in [1.54, 1.807) is 11.1 Å². The molecule has 6 aliphatic carbocycles. The number of rotatable bonds is 4. The van der Waals surface area contributed by atoms with Gasteiger partial charge in [0.15, 0.2) is 0 Å². The van der Waals surface area contributed by atoms with Crippen LogP contribution in [0.15, 0.2) is 206 Å². The quantitative estimate of drug-likeness (QED) is 0.171. The van der Waals surface area contributed by atoms with Gasteiger partial charge in [0.1, 0.15) is 0 Å². The first-order chi connectivity index (χ1) is 32.2. The monoisotopic (exact) mass is 832 g/mol. The van der Waals surface area contributed by atoms with E-state index in [1.807, 2.05) is 0 Å². The molecule has 1 heterocycles. The lowest BCUT2D eigenvalue weighted by Gasteiger charge is -2.65. The molecule has 0 amide bonds. The van der Waals surface area contributed by atoms with Crippen LogP contribution in [0.3, 0.4) is 0 Å². The van der Waals surface area contributed by atoms with Gasteiger partial charge in [-0.15, -0.1) is 0 Å². The molecular weight excluding hydrogens is 785 g/mol. The molecule has 0 N–H and O–H groups in total. The normalized spacial score (nSPS) is 22.6. The zero-order valence-corrected chi connectivity index (χ0v) is 36.4. The maximum Gasteiger partial charge on any atom is 0.0720 e. The molecule has 2 heteroatoms. The second-order valence-electron chi connectivity index (χ2n) is 20.0. The topological polar surface area (TPSA) is 8.17 Å². The minimum absolute atomic E-state index is 0.00660. The van der Waals surface area contributed by atoms with E-state index in [1.165, 1.54) is 104 Å². The minimum Gasteiger partial charge on any atom is -0.310 e. The van der Waals surface area contributed by atoms with Gasteiger partial charge in [0, 0.05) is 38.9 Å². The number of hydrogen-bond acceptors (Lipinski definition) is 1. The molecule has 1 aromatic heterocycles. The van der Waals surface area contributed by atoms with Gasteiger partial charge >= 0.3 is 0 Å². The summed E-state index contributed by atoms with van der Waals surface area (Å²) < 4.78 is 2.42. The second kappa shape index (κ2) is 13.2. The summed E-state index contributed by atoms with van der Waals surface area (Å²) in [4.78, 5) is 2.53. The van der Waals surface area contributed by atoms with E-state index in [4.69, 9.17) is 0 Å². The van der Waals surface area contributed by atoms with Crippen molar-refractivity contribution in [3.05, 3.63) is 240 Å². The van der Waals surface area contributed by atoms with Gasteiger partial charge in [0.25, 0.3) is 0 Å². The van der Waals surface area contributed by atoms with Crippen LogP contribution in [-0.4, -0.2) is 4.57 Å². The lowest BCUT2D eigenvalue weighted by Crippen LogP contribution is -2.59. The van der Waals surface area contributed by atoms with Crippen LogP contribution in [0.4, 0.5) is 17.1 Å². The van der Waals surface area contributed by atoms with Crippen molar-refractivity contribution in [2.75, 3.05) is 4.90 Å². The van der Waals surface area contributed by atoms with E-state index < -0.39 is 5.41 Å². The van der Waals surface area contributed by atoms with Crippen molar-refractivity contribution in [2.24, 2.45) is 23.7 Å². The summed E-state index contributed by atoms with van der Waals surface area (Å²) >= 11 is 0. The average Bonchev–Trinajstić information content (AvgIpc) is 3.85. The largest absolute Gasteiger partial charge is 0.310 e. The van der Waals surface area contributed by atoms with Crippen LogP contribution in [0.1, 0.15) is 65.5 Å². The summed E-state index contributed by atoms with van der Waals surface area (Å²) in [7, 11) is 0. The van der Waals surface area contributed by atoms with E-state index in [9.17, 15) is 0 Å². The fourth-order valence-corrected chi connectivity index (χ4v) is 15.1. The Kier molecular flexibility index (Phi) is 7.36. The molecule has 4 bridgehead atoms. The van der Waals surface area contributed by atoms with E-state index in [0.717, 1.165) is 28.9 Å². The lowest BCUT2D eigenvalue weighted by molar-refractivity contribution is -0.0440. The fourth-order valence-electron chi connectivity index (χ4n) is 15.1. The Morgan fingerprint density at radius 1 is 0.369 bits per heavy atom. The number of aromatic nitrogens is 1. The molecule has 10 aromatic rings. The standard InChI is InChI=1S/C63H48N2/c1-2-14-43-38-48(26-25-42(43)13-1)64(46-27-29-47(30-28-46)65-60-23-11-5-17-52(60)53-18-6-12-24-61(53)65)49-31-32-58-59(39-49)63(54-19-7-3-15-50(54)51-16-4-8-20-55(51)63)57-22-10-9-21-56(57)62(58)44-34-40-33-41(36-44)37-45(62)35-40/h1-32,38-41,44-45H,33-37H2/t40-,41+,44+,45-,62?. The molecule has 65 heavy (non-hydrogen) atoms. The molecule has 0 atom stereocenters. The van der Waals surface area contributed by atoms with Crippen LogP contribution in [0, 0.1) is 23.7 Å². The highest BCUT2D eigenvalue weighted by Crippen LogP contribution is 2.71. The molecule has 0 aliphatic heterocycles. The van der Waals surface area contributed by atoms with Gasteiger partial charge in [-0.05, 0) is 172 Å². The van der Waals surface area contributed by atoms with E-state index >= 15 is 0 Å². The number of fused-ring (bicyclic) bond motifs is 13. The molecule has 2 nitrogen and oxygen atoms in total. The van der Waals surface area contributed by atoms with Crippen molar-refractivity contribution in [3.63, 3.8) is 0 Å². The molecule has 6 aliphatic rings. The number of anilines is 3. The third-order valence-electron chi connectivity index (χ3n) is 17.2. The third kappa shape index (κ3) is 4.69. The molecule has 0 unspecified atom stereocenters. The van der Waals surface area contributed by atoms with E-state index in [2.05, 4.69) is 216 Å². The molecule has 4 fully saturated rings. The molecule has 2 spiro atoms. The van der Waals surface area contributed by atoms with Gasteiger partial charge in [0.05, 0.1) is 16.4 Å². The van der Waals surface area contributed by atoms with E-state index in [-0.39, 0.29) is 5.41 Å². The van der Waals surface area contributed by atoms with Crippen LogP contribution in [-0.2, 0) is 10.8 Å². The molecule has 9 aromatic carbocycles. The molecule has 310 valence electrons. The third-order valence-corrected chi connectivity index (χ3v) is 17.2. The summed E-state index contributed by atoms with van der Waals surface area (Å²) in [6.07, 6.45) is 6.85. The molecule has 0 saturated heterocycles. The van der Waals surface area contributed by atoms with Crippen LogP contribution in [0.25, 0.3) is 49.4 Å². The smallest absolute Gasteiger partial charge is 0.0720 e. The van der Waals surface area contributed by atoms with Gasteiger partial charge in [-0.1, -0.05) is 146 Å². The Morgan fingerprint density at radius 3 is 1.52 bits per heavy atom. The highest BCUT2D eigenvalue weighted by Gasteiger charge is 2.64. The zero-order valence-electron chi connectivity index (χ0n) is 36.4. The number of para-hydroxylation sites is 2. The first-order valence-corrected chi connectivity index (χ1v) is 24.0. The average molecular weight is 833 g/mol. The van der Waals surface area contributed by atoms with Crippen molar-refractivity contribution < 1.29 is 0 Å². The Hall–Kier alpha value is -7.16. The van der Waals surface area contributed by atoms with Crippen molar-refractivity contribution in [1.29, 1.82) is 0 Å². The Balaban J connectivity index is 1.000. The SMILES string of the molecule is c1ccc2c(c1)-c1ccccc1C21c2ccccc2C2(c3ccc(N(c4ccc(-n5c6ccccc6c6ccccc65)cc4)c4ccc5ccccc5c4)cc31)[C@H]1C[C@H]3C[C@H](C[C@H]2C3)C1. The second-order valence-corrected chi connectivity index (χ2v) is 20.0. The van der Waals surface area contributed by atoms with Crippen LogP contribution in [0.5, 0.6) is 0 Å². The molecular formula is C63H48N2. The Morgan fingerprint density at radius 2 is 0.862 bits per heavy atom. The van der Waals surface area contributed by atoms with Crippen molar-refractivity contribution >= 4 is 49.6 Å². The lowest BCUT2D eigenvalue weighted by atomic mass is 9.38. The highest BCUT2D eigenvalue weighted by molar-refractivity contribution is 6.09. The van der Waals surface area contributed by atoms with Gasteiger partial charge < -0.3 is 9.47 Å². The Bertz CT molecular complexity index is 3460. The Labute approximate surface area is 380 Å². The number of benzene rings is 9. The van der Waals surface area contributed by atoms with Gasteiger partial charge in [-0.2, -0.15) is 0 Å². The van der Waals surface area contributed by atoms with Gasteiger partial charge in [-0.25, -0.2) is 0 Å². The van der Waals surface area contributed by atoms with Crippen LogP contribution >= 0.6 is 0 Å². The number of nitrogens with zero attached hydrogens (tertiary/aromatic N) is 2. The number of hydrogen-bond donors (Lipinski definition) is 0. The molecule has 4 saturated carbocycles. The summed E-state index contributed by atoms with van der Waals surface area (Å²) in [5, 5.41) is 5.05. The molecule has 0 radical (unpaired) electrons. The minimum atomic E-state index is -0.454. The fraction of sp³-hybridized carbons (Fsp3) is 0.175. The van der Waals surface area contributed by atoms with E-state index in [0.29, 0.717) is 11.8 Å². The predicted molar refractivity (Wildman–Crippen MR) is 268 cm³/mol. The first kappa shape index (κ1) is 36.2. The summed E-state index contributed by atoms with van der Waals surface area (Å²) in [6, 6.07) is 79.0. The van der Waals surface area contributed by atoms with Crippen molar-refractivity contribution in [3.8, 4) is 16.8 Å². The summed E-state index contributed by atoms with van der Waals surface area (Å²) in [6.45, 7) is 0. The maximum absolute atomic E-state index is 2.66. The van der Waals surface area contributed by atoms with Crippen LogP contribution in [0.2, 0.25) is 0 Å². The summed E-state index contributed by atoms with van der Waals surface area (Å²) in [5.41, 5.74) is 18.4. The van der Waals surface area contributed by atoms with Crippen molar-refractivity contribution in [1.82, 2.24) is 4.57 Å². The molecule has 16 rings (SSSR count). The first-order valence-electron chi connectivity index (χ1n) is 24.0. The highest BCUT2D eigenvalue weighted by atomic mass is 15.1.